The molecule has 0 saturated carbocycles. The number of aromatic nitrogens is 3. The van der Waals surface area contributed by atoms with Crippen LogP contribution in [0.2, 0.25) is 0 Å². The van der Waals surface area contributed by atoms with Crippen molar-refractivity contribution >= 4 is 16.7 Å². The van der Waals surface area contributed by atoms with Crippen molar-refractivity contribution in [3.8, 4) is 0 Å². The highest BCUT2D eigenvalue weighted by molar-refractivity contribution is 5.91. The van der Waals surface area contributed by atoms with E-state index in [9.17, 15) is 0 Å². The summed E-state index contributed by atoms with van der Waals surface area (Å²) in [6.45, 7) is 6.89. The molecule has 3 rings (SSSR count). The zero-order valence-corrected chi connectivity index (χ0v) is 13.8. The van der Waals surface area contributed by atoms with Crippen molar-refractivity contribution in [2.75, 3.05) is 18.5 Å². The Morgan fingerprint density at radius 1 is 1.39 bits per heavy atom. The molecule has 7 nitrogen and oxygen atoms in total. The van der Waals surface area contributed by atoms with Crippen molar-refractivity contribution in [3.63, 3.8) is 0 Å². The van der Waals surface area contributed by atoms with Crippen LogP contribution in [0, 0.1) is 5.53 Å². The van der Waals surface area contributed by atoms with Gasteiger partial charge in [-0.1, -0.05) is 6.92 Å². The second kappa shape index (κ2) is 7.04. The average molecular weight is 316 g/mol. The highest BCUT2D eigenvalue weighted by Crippen LogP contribution is 2.31. The molecule has 0 radical (unpaired) electrons. The van der Waals surface area contributed by atoms with Crippen molar-refractivity contribution in [2.45, 2.75) is 52.2 Å². The first-order valence-corrected chi connectivity index (χ1v) is 8.33. The van der Waals surface area contributed by atoms with Gasteiger partial charge in [0.05, 0.1) is 23.8 Å². The van der Waals surface area contributed by atoms with Gasteiger partial charge in [-0.15, -0.1) is 0 Å². The lowest BCUT2D eigenvalue weighted by Crippen LogP contribution is -2.28. The molecule has 0 spiro atoms. The monoisotopic (exact) mass is 316 g/mol. The van der Waals surface area contributed by atoms with Gasteiger partial charge in [0.15, 0.2) is 5.65 Å². The first-order valence-electron chi connectivity index (χ1n) is 8.33. The van der Waals surface area contributed by atoms with Gasteiger partial charge in [-0.25, -0.2) is 15.2 Å². The number of fused-ring (bicyclic) bond motifs is 1. The van der Waals surface area contributed by atoms with E-state index in [0.29, 0.717) is 12.6 Å². The van der Waals surface area contributed by atoms with E-state index >= 15 is 0 Å². The normalized spacial score (nSPS) is 15.9. The van der Waals surface area contributed by atoms with Gasteiger partial charge in [0.2, 0.25) is 0 Å². The molecule has 0 amide bonds. The van der Waals surface area contributed by atoms with Crippen molar-refractivity contribution < 1.29 is 4.74 Å². The van der Waals surface area contributed by atoms with Crippen molar-refractivity contribution in [1.29, 1.82) is 5.53 Å². The van der Waals surface area contributed by atoms with E-state index in [2.05, 4.69) is 29.4 Å². The van der Waals surface area contributed by atoms with E-state index in [0.717, 1.165) is 67.0 Å². The van der Waals surface area contributed by atoms with Crippen LogP contribution in [0.4, 0.5) is 5.69 Å². The molecule has 0 aromatic carbocycles. The highest BCUT2D eigenvalue weighted by atomic mass is 16.5. The first-order chi connectivity index (χ1) is 11.3. The predicted octanol–water partition coefficient (Wildman–Crippen LogP) is 3.14. The van der Waals surface area contributed by atoms with Crippen molar-refractivity contribution in [3.05, 3.63) is 17.5 Å². The van der Waals surface area contributed by atoms with Gasteiger partial charge in [-0.3, -0.25) is 0 Å². The molecule has 0 bridgehead atoms. The molecule has 23 heavy (non-hydrogen) atoms. The van der Waals surface area contributed by atoms with E-state index in [1.165, 1.54) is 0 Å². The molecule has 7 heteroatoms. The fraction of sp³-hybridized carbons (Fsp3) is 0.625. The van der Waals surface area contributed by atoms with Crippen LogP contribution in [0.1, 0.15) is 37.9 Å². The lowest BCUT2D eigenvalue weighted by molar-refractivity contribution is 0.0904. The molecule has 2 aromatic rings. The quantitative estimate of drug-likeness (QED) is 0.801. The summed E-state index contributed by atoms with van der Waals surface area (Å²) in [5.74, 6) is 0. The number of aryl methyl sites for hydroxylation is 2. The molecule has 3 heterocycles. The Labute approximate surface area is 135 Å². The lowest BCUT2D eigenvalue weighted by atomic mass is 10.0. The summed E-state index contributed by atoms with van der Waals surface area (Å²) in [6.07, 6.45) is 4.67. The standard InChI is InChI=1S/C16H24N6O/c1-3-14-12(9-18-17)15(20-11-5-7-23-8-6-11)13-10-19-22(4-2)16(13)21-14/h10-11,17H,3-9H2,1-2H3,(H,20,21). The van der Waals surface area contributed by atoms with Crippen LogP contribution >= 0.6 is 0 Å². The third kappa shape index (κ3) is 3.06. The molecular weight excluding hydrogens is 292 g/mol. The van der Waals surface area contributed by atoms with Gasteiger partial charge < -0.3 is 10.1 Å². The van der Waals surface area contributed by atoms with Gasteiger partial charge in [-0.05, 0) is 26.2 Å². The van der Waals surface area contributed by atoms with Gasteiger partial charge >= 0.3 is 0 Å². The number of pyridine rings is 1. The maximum absolute atomic E-state index is 7.31. The number of hydrogen-bond acceptors (Lipinski definition) is 6. The SMILES string of the molecule is CCc1nc2c(cnn2CC)c(NC2CCOCC2)c1CN=N. The van der Waals surface area contributed by atoms with E-state index in [1.54, 1.807) is 0 Å². The van der Waals surface area contributed by atoms with Crippen LogP contribution < -0.4 is 5.32 Å². The van der Waals surface area contributed by atoms with E-state index in [1.807, 2.05) is 10.9 Å². The molecule has 1 aliphatic heterocycles. The Morgan fingerprint density at radius 2 is 2.17 bits per heavy atom. The Kier molecular flexibility index (Phi) is 4.85. The third-order valence-electron chi connectivity index (χ3n) is 4.41. The van der Waals surface area contributed by atoms with Crippen LogP contribution in [0.3, 0.4) is 0 Å². The second-order valence-electron chi connectivity index (χ2n) is 5.81. The first kappa shape index (κ1) is 15.9. The minimum Gasteiger partial charge on any atom is -0.381 e. The molecular formula is C16H24N6O. The fourth-order valence-electron chi connectivity index (χ4n) is 3.16. The van der Waals surface area contributed by atoms with Crippen LogP contribution in [-0.2, 0) is 24.2 Å². The van der Waals surface area contributed by atoms with Crippen LogP contribution in [0.15, 0.2) is 11.3 Å². The van der Waals surface area contributed by atoms with Crippen LogP contribution in [0.25, 0.3) is 11.0 Å². The zero-order valence-electron chi connectivity index (χ0n) is 13.8. The number of hydrogen-bond donors (Lipinski definition) is 2. The number of anilines is 1. The number of rotatable bonds is 6. The molecule has 0 aliphatic carbocycles. The van der Waals surface area contributed by atoms with E-state index in [-0.39, 0.29) is 0 Å². The largest absolute Gasteiger partial charge is 0.381 e. The van der Waals surface area contributed by atoms with Gasteiger partial charge in [0.1, 0.15) is 0 Å². The Hall–Kier alpha value is -2.02. The van der Waals surface area contributed by atoms with Gasteiger partial charge in [-0.2, -0.15) is 10.2 Å². The number of ether oxygens (including phenoxy) is 1. The maximum atomic E-state index is 7.31. The number of nitrogens with one attached hydrogen (secondary N) is 2. The summed E-state index contributed by atoms with van der Waals surface area (Å²) in [4.78, 5) is 4.79. The molecule has 124 valence electrons. The maximum Gasteiger partial charge on any atom is 0.160 e. The molecule has 1 aliphatic rings. The molecule has 1 saturated heterocycles. The lowest BCUT2D eigenvalue weighted by Gasteiger charge is -2.26. The Morgan fingerprint density at radius 3 is 2.83 bits per heavy atom. The molecule has 0 unspecified atom stereocenters. The third-order valence-corrected chi connectivity index (χ3v) is 4.41. The zero-order chi connectivity index (χ0) is 16.2. The fourth-order valence-corrected chi connectivity index (χ4v) is 3.16. The minimum absolute atomic E-state index is 0.356. The topological polar surface area (TPSA) is 88.2 Å². The molecule has 1 fully saturated rings. The minimum atomic E-state index is 0.356. The second-order valence-corrected chi connectivity index (χ2v) is 5.81. The van der Waals surface area contributed by atoms with Gasteiger partial charge in [0, 0.05) is 37.1 Å². The molecule has 2 N–H and O–H groups in total. The van der Waals surface area contributed by atoms with E-state index in [4.69, 9.17) is 15.3 Å². The summed E-state index contributed by atoms with van der Waals surface area (Å²) in [5, 5.41) is 12.8. The predicted molar refractivity (Wildman–Crippen MR) is 88.9 cm³/mol. The van der Waals surface area contributed by atoms with Crippen LogP contribution in [-0.4, -0.2) is 34.0 Å². The van der Waals surface area contributed by atoms with Crippen LogP contribution in [0.5, 0.6) is 0 Å². The van der Waals surface area contributed by atoms with Crippen molar-refractivity contribution in [2.24, 2.45) is 5.11 Å². The summed E-state index contributed by atoms with van der Waals surface area (Å²) in [7, 11) is 0. The average Bonchev–Trinajstić information content (AvgIpc) is 3.00. The smallest absolute Gasteiger partial charge is 0.160 e. The summed E-state index contributed by atoms with van der Waals surface area (Å²) < 4.78 is 7.37. The Balaban J connectivity index is 2.11. The molecule has 0 atom stereocenters. The Bertz CT molecular complexity index is 689. The summed E-state index contributed by atoms with van der Waals surface area (Å²) >= 11 is 0. The summed E-state index contributed by atoms with van der Waals surface area (Å²) in [5.41, 5.74) is 11.3. The number of nitrogens with zero attached hydrogens (tertiary/aromatic N) is 4. The van der Waals surface area contributed by atoms with Crippen molar-refractivity contribution in [1.82, 2.24) is 14.8 Å². The molecule has 2 aromatic heterocycles. The highest BCUT2D eigenvalue weighted by Gasteiger charge is 2.21. The van der Waals surface area contributed by atoms with Gasteiger partial charge in [0.25, 0.3) is 0 Å². The van der Waals surface area contributed by atoms with E-state index < -0.39 is 0 Å². The summed E-state index contributed by atoms with van der Waals surface area (Å²) in [6, 6.07) is 0.383.